The quantitative estimate of drug-likeness (QED) is 0.297. The molecule has 0 radical (unpaired) electrons. The highest BCUT2D eigenvalue weighted by Crippen LogP contribution is 2.17. The Labute approximate surface area is 89.1 Å². The van der Waals surface area contributed by atoms with Gasteiger partial charge in [-0.25, -0.2) is 10.8 Å². The second-order valence-electron chi connectivity index (χ2n) is 2.98. The van der Waals surface area contributed by atoms with E-state index < -0.39 is 0 Å². The molecule has 0 aromatic heterocycles. The topological polar surface area (TPSA) is 85.7 Å². The lowest BCUT2D eigenvalue weighted by Crippen LogP contribution is -2.36. The fraction of sp³-hybridized carbons (Fsp3) is 0.300. The molecule has 1 aromatic carbocycles. The molecule has 5 nitrogen and oxygen atoms in total. The van der Waals surface area contributed by atoms with Crippen LogP contribution in [0.3, 0.4) is 0 Å². The molecule has 0 atom stereocenters. The Bertz CT molecular complexity index is 321. The number of nitrogens with two attached hydrogens (primary N) is 2. The van der Waals surface area contributed by atoms with Gasteiger partial charge in [0.2, 0.25) is 5.96 Å². The summed E-state index contributed by atoms with van der Waals surface area (Å²) in [4.78, 5) is 4.00. The summed E-state index contributed by atoms with van der Waals surface area (Å²) in [7, 11) is 0. The predicted molar refractivity (Wildman–Crippen MR) is 60.8 cm³/mol. The Balaban J connectivity index is 2.64. The van der Waals surface area contributed by atoms with Crippen LogP contribution in [0.25, 0.3) is 0 Å². The first-order chi connectivity index (χ1) is 7.26. The van der Waals surface area contributed by atoms with Crippen molar-refractivity contribution in [3.8, 4) is 5.75 Å². The van der Waals surface area contributed by atoms with Gasteiger partial charge >= 0.3 is 0 Å². The molecule has 0 spiro atoms. The maximum atomic E-state index is 5.42. The van der Waals surface area contributed by atoms with Crippen molar-refractivity contribution >= 4 is 11.6 Å². The highest BCUT2D eigenvalue weighted by Gasteiger charge is 1.94. The van der Waals surface area contributed by atoms with E-state index in [0.29, 0.717) is 0 Å². The highest BCUT2D eigenvalue weighted by molar-refractivity contribution is 5.80. The van der Waals surface area contributed by atoms with Crippen LogP contribution in [-0.2, 0) is 0 Å². The summed E-state index contributed by atoms with van der Waals surface area (Å²) >= 11 is 0. The molecule has 0 amide bonds. The lowest BCUT2D eigenvalue weighted by atomic mass is 10.3. The van der Waals surface area contributed by atoms with Crippen molar-refractivity contribution in [3.63, 3.8) is 0 Å². The van der Waals surface area contributed by atoms with Gasteiger partial charge in [0, 0.05) is 0 Å². The van der Waals surface area contributed by atoms with Gasteiger partial charge in [0.1, 0.15) is 5.75 Å². The Morgan fingerprint density at radius 2 is 2.07 bits per heavy atom. The van der Waals surface area contributed by atoms with E-state index in [2.05, 4.69) is 17.3 Å². The summed E-state index contributed by atoms with van der Waals surface area (Å²) < 4.78 is 5.42. The highest BCUT2D eigenvalue weighted by atomic mass is 16.5. The Kier molecular flexibility index (Phi) is 4.43. The van der Waals surface area contributed by atoms with Gasteiger partial charge in [0.25, 0.3) is 0 Å². The minimum Gasteiger partial charge on any atom is -0.494 e. The van der Waals surface area contributed by atoms with Crippen LogP contribution in [-0.4, -0.2) is 12.6 Å². The minimum absolute atomic E-state index is 0.178. The van der Waals surface area contributed by atoms with Crippen molar-refractivity contribution in [2.45, 2.75) is 13.3 Å². The largest absolute Gasteiger partial charge is 0.494 e. The third-order valence-corrected chi connectivity index (χ3v) is 1.71. The van der Waals surface area contributed by atoms with Crippen LogP contribution in [0.4, 0.5) is 5.69 Å². The van der Waals surface area contributed by atoms with Crippen LogP contribution < -0.4 is 21.7 Å². The second kappa shape index (κ2) is 5.87. The number of hydrogen-bond donors (Lipinski definition) is 3. The van der Waals surface area contributed by atoms with Crippen molar-refractivity contribution in [1.29, 1.82) is 0 Å². The van der Waals surface area contributed by atoms with Crippen LogP contribution >= 0.6 is 0 Å². The monoisotopic (exact) mass is 208 g/mol. The number of nitrogens with one attached hydrogen (secondary N) is 1. The van der Waals surface area contributed by atoms with E-state index in [1.807, 2.05) is 24.3 Å². The summed E-state index contributed by atoms with van der Waals surface area (Å²) in [5.74, 6) is 6.09. The third kappa shape index (κ3) is 3.86. The van der Waals surface area contributed by atoms with Crippen molar-refractivity contribution in [2.24, 2.45) is 16.6 Å². The molecule has 0 saturated carbocycles. The molecular formula is C10H16N4O. The smallest absolute Gasteiger partial charge is 0.208 e. The molecule has 0 aliphatic rings. The van der Waals surface area contributed by atoms with Gasteiger partial charge in [-0.3, -0.25) is 5.43 Å². The molecule has 0 aliphatic carbocycles. The van der Waals surface area contributed by atoms with Gasteiger partial charge in [-0.2, -0.15) is 0 Å². The molecule has 0 heterocycles. The van der Waals surface area contributed by atoms with Crippen LogP contribution in [0.1, 0.15) is 13.3 Å². The van der Waals surface area contributed by atoms with E-state index in [1.54, 1.807) is 0 Å². The van der Waals surface area contributed by atoms with E-state index in [-0.39, 0.29) is 5.96 Å². The Morgan fingerprint density at radius 1 is 1.40 bits per heavy atom. The molecule has 5 heteroatoms. The maximum Gasteiger partial charge on any atom is 0.208 e. The number of ether oxygens (including phenoxy) is 1. The molecular weight excluding hydrogens is 192 g/mol. The first-order valence-electron chi connectivity index (χ1n) is 4.80. The number of aliphatic imine (C=N–C) groups is 1. The number of hydrogen-bond acceptors (Lipinski definition) is 3. The molecule has 15 heavy (non-hydrogen) atoms. The molecule has 5 N–H and O–H groups in total. The zero-order valence-corrected chi connectivity index (χ0v) is 8.73. The Hall–Kier alpha value is -1.75. The molecule has 0 saturated heterocycles. The van der Waals surface area contributed by atoms with Gasteiger partial charge in [0.05, 0.1) is 12.3 Å². The van der Waals surface area contributed by atoms with E-state index in [9.17, 15) is 0 Å². The van der Waals surface area contributed by atoms with Crippen molar-refractivity contribution < 1.29 is 4.74 Å². The normalized spacial score (nSPS) is 11.2. The van der Waals surface area contributed by atoms with Crippen molar-refractivity contribution in [3.05, 3.63) is 24.3 Å². The lowest BCUT2D eigenvalue weighted by Gasteiger charge is -2.04. The summed E-state index contributed by atoms with van der Waals surface area (Å²) in [6.07, 6.45) is 0.990. The van der Waals surface area contributed by atoms with Crippen LogP contribution in [0.5, 0.6) is 5.75 Å². The van der Waals surface area contributed by atoms with Crippen molar-refractivity contribution in [1.82, 2.24) is 5.43 Å². The molecule has 82 valence electrons. The minimum atomic E-state index is 0.178. The fourth-order valence-corrected chi connectivity index (χ4v) is 1.01. The van der Waals surface area contributed by atoms with Gasteiger partial charge in [-0.05, 0) is 30.7 Å². The maximum absolute atomic E-state index is 5.42. The summed E-state index contributed by atoms with van der Waals surface area (Å²) in [6.45, 7) is 2.78. The second-order valence-corrected chi connectivity index (χ2v) is 2.98. The zero-order valence-electron chi connectivity index (χ0n) is 8.73. The average Bonchev–Trinajstić information content (AvgIpc) is 2.28. The van der Waals surface area contributed by atoms with Crippen molar-refractivity contribution in [2.75, 3.05) is 6.61 Å². The van der Waals surface area contributed by atoms with E-state index in [1.165, 1.54) is 0 Å². The number of nitrogens with zero attached hydrogens (tertiary/aromatic N) is 1. The van der Waals surface area contributed by atoms with Crippen LogP contribution in [0.2, 0.25) is 0 Å². The molecule has 0 bridgehead atoms. The van der Waals surface area contributed by atoms with E-state index in [0.717, 1.165) is 24.5 Å². The first-order valence-corrected chi connectivity index (χ1v) is 4.80. The van der Waals surface area contributed by atoms with E-state index >= 15 is 0 Å². The van der Waals surface area contributed by atoms with Crippen LogP contribution in [0, 0.1) is 0 Å². The van der Waals surface area contributed by atoms with Crippen LogP contribution in [0.15, 0.2) is 29.3 Å². The summed E-state index contributed by atoms with van der Waals surface area (Å²) in [5, 5.41) is 0. The number of rotatable bonds is 4. The van der Waals surface area contributed by atoms with Gasteiger partial charge in [-0.15, -0.1) is 0 Å². The molecule has 0 fully saturated rings. The number of guanidine groups is 1. The summed E-state index contributed by atoms with van der Waals surface area (Å²) in [6, 6.07) is 7.32. The zero-order chi connectivity index (χ0) is 11.1. The lowest BCUT2D eigenvalue weighted by molar-refractivity contribution is 0.317. The SMILES string of the molecule is CCCOc1ccc(N=C(N)NN)cc1. The average molecular weight is 208 g/mol. The first kappa shape index (κ1) is 11.3. The van der Waals surface area contributed by atoms with Gasteiger partial charge in [0.15, 0.2) is 0 Å². The van der Waals surface area contributed by atoms with E-state index in [4.69, 9.17) is 16.3 Å². The number of benzene rings is 1. The number of hydrazine groups is 1. The predicted octanol–water partition coefficient (Wildman–Crippen LogP) is 0.885. The van der Waals surface area contributed by atoms with Gasteiger partial charge < -0.3 is 10.5 Å². The summed E-state index contributed by atoms with van der Waals surface area (Å²) in [5.41, 5.74) is 8.40. The molecule has 0 unspecified atom stereocenters. The fourth-order valence-electron chi connectivity index (χ4n) is 1.01. The third-order valence-electron chi connectivity index (χ3n) is 1.71. The Morgan fingerprint density at radius 3 is 2.60 bits per heavy atom. The standard InChI is InChI=1S/C10H16N4O/c1-2-7-15-9-5-3-8(4-6-9)13-10(11)14-12/h3-6H,2,7,12H2,1H3,(H3,11,13,14). The van der Waals surface area contributed by atoms with Gasteiger partial charge in [-0.1, -0.05) is 6.92 Å². The molecule has 1 aromatic rings. The molecule has 1 rings (SSSR count). The molecule has 0 aliphatic heterocycles.